The number of carboxylic acids is 1. The number of aromatic nitrogens is 2. The van der Waals surface area contributed by atoms with Crippen molar-refractivity contribution < 1.29 is 19.1 Å². The van der Waals surface area contributed by atoms with E-state index in [0.29, 0.717) is 38.3 Å². The van der Waals surface area contributed by atoms with Crippen LogP contribution in [0.15, 0.2) is 30.5 Å². The van der Waals surface area contributed by atoms with Crippen molar-refractivity contribution in [3.63, 3.8) is 0 Å². The summed E-state index contributed by atoms with van der Waals surface area (Å²) in [7, 11) is 1.55. The molecule has 1 aromatic carbocycles. The van der Waals surface area contributed by atoms with Gasteiger partial charge in [0.15, 0.2) is 0 Å². The van der Waals surface area contributed by atoms with E-state index in [9.17, 15) is 19.1 Å². The number of benzene rings is 1. The van der Waals surface area contributed by atoms with Gasteiger partial charge in [0.25, 0.3) is 5.91 Å². The monoisotopic (exact) mass is 346 g/mol. The molecule has 3 rings (SSSR count). The van der Waals surface area contributed by atoms with Gasteiger partial charge in [-0.25, -0.2) is 9.18 Å². The Balaban J connectivity index is 1.65. The lowest BCUT2D eigenvalue weighted by atomic mass is 10.1. The minimum absolute atomic E-state index is 0.0788. The molecule has 0 atom stereocenters. The molecular weight excluding hydrogens is 327 g/mol. The van der Waals surface area contributed by atoms with Gasteiger partial charge in [0, 0.05) is 45.3 Å². The summed E-state index contributed by atoms with van der Waals surface area (Å²) in [5, 5.41) is 13.1. The number of carbonyl (C=O) groups excluding carboxylic acids is 1. The summed E-state index contributed by atoms with van der Waals surface area (Å²) in [6.07, 6.45) is 1.18. The fraction of sp³-hybridized carbons (Fsp3) is 0.353. The van der Waals surface area contributed by atoms with Crippen LogP contribution in [0.25, 0.3) is 0 Å². The van der Waals surface area contributed by atoms with E-state index >= 15 is 0 Å². The van der Waals surface area contributed by atoms with Gasteiger partial charge in [0.2, 0.25) is 0 Å². The van der Waals surface area contributed by atoms with Gasteiger partial charge in [-0.3, -0.25) is 14.4 Å². The number of rotatable bonds is 4. The first-order chi connectivity index (χ1) is 12.0. The highest BCUT2D eigenvalue weighted by Crippen LogP contribution is 2.15. The summed E-state index contributed by atoms with van der Waals surface area (Å²) < 4.78 is 15.0. The van der Waals surface area contributed by atoms with Gasteiger partial charge in [-0.15, -0.1) is 0 Å². The highest BCUT2D eigenvalue weighted by molar-refractivity contribution is 6.03. The Labute approximate surface area is 144 Å². The molecule has 1 fully saturated rings. The van der Waals surface area contributed by atoms with E-state index < -0.39 is 5.97 Å². The van der Waals surface area contributed by atoms with Gasteiger partial charge >= 0.3 is 5.97 Å². The number of carbonyl (C=O) groups is 2. The van der Waals surface area contributed by atoms with Crippen LogP contribution in [0.4, 0.5) is 4.39 Å². The van der Waals surface area contributed by atoms with E-state index in [-0.39, 0.29) is 23.0 Å². The van der Waals surface area contributed by atoms with Crippen LogP contribution in [0.2, 0.25) is 0 Å². The van der Waals surface area contributed by atoms with Crippen molar-refractivity contribution in [1.29, 1.82) is 0 Å². The molecule has 2 aromatic rings. The first-order valence-electron chi connectivity index (χ1n) is 7.97. The molecular formula is C17H19FN4O3. The fourth-order valence-corrected chi connectivity index (χ4v) is 2.97. The molecule has 0 saturated carbocycles. The summed E-state index contributed by atoms with van der Waals surface area (Å²) in [6.45, 7) is 2.59. The Hall–Kier alpha value is -2.74. The predicted octanol–water partition coefficient (Wildman–Crippen LogP) is 1.22. The van der Waals surface area contributed by atoms with Crippen molar-refractivity contribution in [2.24, 2.45) is 7.05 Å². The topological polar surface area (TPSA) is 78.7 Å². The van der Waals surface area contributed by atoms with Gasteiger partial charge < -0.3 is 10.0 Å². The van der Waals surface area contributed by atoms with E-state index in [2.05, 4.69) is 10.00 Å². The molecule has 0 spiro atoms. The van der Waals surface area contributed by atoms with Crippen molar-refractivity contribution in [3.05, 3.63) is 53.1 Å². The molecule has 1 aromatic heterocycles. The SMILES string of the molecule is Cn1ncc(C(=O)O)c1C(=O)N1CCN(Cc2ccccc2F)CC1. The third-order valence-electron chi connectivity index (χ3n) is 4.38. The molecule has 7 nitrogen and oxygen atoms in total. The number of aryl methyl sites for hydroxylation is 1. The number of aromatic carboxylic acids is 1. The molecule has 132 valence electrons. The summed E-state index contributed by atoms with van der Waals surface area (Å²) in [4.78, 5) is 27.6. The second-order valence-corrected chi connectivity index (χ2v) is 6.00. The number of nitrogens with zero attached hydrogens (tertiary/aromatic N) is 4. The van der Waals surface area contributed by atoms with Crippen LogP contribution in [-0.4, -0.2) is 62.7 Å². The molecule has 0 radical (unpaired) electrons. The number of amides is 1. The number of piperazine rings is 1. The van der Waals surface area contributed by atoms with Gasteiger partial charge in [-0.05, 0) is 6.07 Å². The molecule has 1 N–H and O–H groups in total. The molecule has 1 aliphatic rings. The van der Waals surface area contributed by atoms with Crippen LogP contribution in [-0.2, 0) is 13.6 Å². The number of hydrogen-bond acceptors (Lipinski definition) is 4. The Morgan fingerprint density at radius 2 is 1.88 bits per heavy atom. The first-order valence-corrected chi connectivity index (χ1v) is 7.97. The van der Waals surface area contributed by atoms with Gasteiger partial charge in [-0.1, -0.05) is 18.2 Å². The lowest BCUT2D eigenvalue weighted by Gasteiger charge is -2.34. The maximum Gasteiger partial charge on any atom is 0.339 e. The third kappa shape index (κ3) is 3.53. The smallest absolute Gasteiger partial charge is 0.339 e. The van der Waals surface area contributed by atoms with Gasteiger partial charge in [0.1, 0.15) is 17.1 Å². The van der Waals surface area contributed by atoms with Crippen molar-refractivity contribution in [2.45, 2.75) is 6.54 Å². The molecule has 25 heavy (non-hydrogen) atoms. The normalized spacial score (nSPS) is 15.4. The van der Waals surface area contributed by atoms with E-state index in [0.717, 1.165) is 0 Å². The maximum absolute atomic E-state index is 13.7. The standard InChI is InChI=1S/C17H19FN4O3/c1-20-15(13(10-19-20)17(24)25)16(23)22-8-6-21(7-9-22)11-12-4-2-3-5-14(12)18/h2-5,10H,6-9,11H2,1H3,(H,24,25). The van der Waals surface area contributed by atoms with Crippen LogP contribution in [0.5, 0.6) is 0 Å². The molecule has 8 heteroatoms. The third-order valence-corrected chi connectivity index (χ3v) is 4.38. The van der Waals surface area contributed by atoms with Crippen molar-refractivity contribution >= 4 is 11.9 Å². The Kier molecular flexibility index (Phi) is 4.80. The second kappa shape index (κ2) is 7.02. The summed E-state index contributed by atoms with van der Waals surface area (Å²) >= 11 is 0. The molecule has 2 heterocycles. The fourth-order valence-electron chi connectivity index (χ4n) is 2.97. The molecule has 0 aliphatic carbocycles. The highest BCUT2D eigenvalue weighted by Gasteiger charge is 2.28. The van der Waals surface area contributed by atoms with Crippen LogP contribution >= 0.6 is 0 Å². The number of halogens is 1. The minimum atomic E-state index is -1.17. The first kappa shape index (κ1) is 17.1. The lowest BCUT2D eigenvalue weighted by molar-refractivity contribution is 0.0598. The van der Waals surface area contributed by atoms with E-state index in [1.54, 1.807) is 30.1 Å². The summed E-state index contributed by atoms with van der Waals surface area (Å²) in [5.41, 5.74) is 0.610. The predicted molar refractivity (Wildman–Crippen MR) is 87.7 cm³/mol. The summed E-state index contributed by atoms with van der Waals surface area (Å²) in [5.74, 6) is -1.75. The largest absolute Gasteiger partial charge is 0.478 e. The lowest BCUT2D eigenvalue weighted by Crippen LogP contribution is -2.49. The Morgan fingerprint density at radius 1 is 1.20 bits per heavy atom. The highest BCUT2D eigenvalue weighted by atomic mass is 19.1. The average molecular weight is 346 g/mol. The minimum Gasteiger partial charge on any atom is -0.478 e. The maximum atomic E-state index is 13.7. The van der Waals surface area contributed by atoms with E-state index in [4.69, 9.17) is 0 Å². The quantitative estimate of drug-likeness (QED) is 0.900. The zero-order chi connectivity index (χ0) is 18.0. The van der Waals surface area contributed by atoms with Gasteiger partial charge in [-0.2, -0.15) is 5.10 Å². The van der Waals surface area contributed by atoms with E-state index in [1.807, 2.05) is 0 Å². The Morgan fingerprint density at radius 3 is 2.52 bits per heavy atom. The van der Waals surface area contributed by atoms with Crippen LogP contribution in [0, 0.1) is 5.82 Å². The van der Waals surface area contributed by atoms with Crippen molar-refractivity contribution in [3.8, 4) is 0 Å². The Bertz CT molecular complexity index is 797. The van der Waals surface area contributed by atoms with Gasteiger partial charge in [0.05, 0.1) is 6.20 Å². The second-order valence-electron chi connectivity index (χ2n) is 6.00. The van der Waals surface area contributed by atoms with E-state index in [1.165, 1.54) is 16.9 Å². The molecule has 1 aliphatic heterocycles. The molecule has 0 unspecified atom stereocenters. The average Bonchev–Trinajstić information content (AvgIpc) is 2.99. The molecule has 1 saturated heterocycles. The number of carboxylic acid groups (broad SMARTS) is 1. The molecule has 0 bridgehead atoms. The zero-order valence-corrected chi connectivity index (χ0v) is 13.9. The van der Waals surface area contributed by atoms with Crippen LogP contribution in [0.3, 0.4) is 0 Å². The zero-order valence-electron chi connectivity index (χ0n) is 13.9. The van der Waals surface area contributed by atoms with Crippen LogP contribution in [0.1, 0.15) is 26.4 Å². The molecule has 1 amide bonds. The van der Waals surface area contributed by atoms with Crippen molar-refractivity contribution in [2.75, 3.05) is 26.2 Å². The summed E-state index contributed by atoms with van der Waals surface area (Å²) in [6, 6.07) is 6.64. The van der Waals surface area contributed by atoms with Crippen LogP contribution < -0.4 is 0 Å². The van der Waals surface area contributed by atoms with Crippen molar-refractivity contribution in [1.82, 2.24) is 19.6 Å². The number of hydrogen-bond donors (Lipinski definition) is 1.